The quantitative estimate of drug-likeness (QED) is 0.523. The van der Waals surface area contributed by atoms with Gasteiger partial charge in [0.25, 0.3) is 0 Å². The molecule has 0 amide bonds. The van der Waals surface area contributed by atoms with Gasteiger partial charge in [0.2, 0.25) is 0 Å². The van der Waals surface area contributed by atoms with Crippen LogP contribution in [-0.4, -0.2) is 12.9 Å². The molecule has 0 saturated carbocycles. The number of rotatable bonds is 0. The Morgan fingerprint density at radius 1 is 1.56 bits per heavy atom. The third-order valence-corrected chi connectivity index (χ3v) is 0.836. The Kier molecular flexibility index (Phi) is 4.88. The summed E-state index contributed by atoms with van der Waals surface area (Å²) in [5.74, 6) is 0. The second kappa shape index (κ2) is 5.35. The average Bonchev–Trinajstić information content (AvgIpc) is 1.94. The van der Waals surface area contributed by atoms with E-state index in [1.54, 1.807) is 6.34 Å². The SMILES string of the molecule is CC.CC1=CNC=NC1. The van der Waals surface area contributed by atoms with Crippen LogP contribution in [0.2, 0.25) is 0 Å². The lowest BCUT2D eigenvalue weighted by atomic mass is 10.3. The van der Waals surface area contributed by atoms with Crippen LogP contribution in [0.1, 0.15) is 20.8 Å². The van der Waals surface area contributed by atoms with Crippen molar-refractivity contribution in [2.24, 2.45) is 4.99 Å². The molecule has 0 radical (unpaired) electrons. The van der Waals surface area contributed by atoms with Crippen molar-refractivity contribution >= 4 is 6.34 Å². The van der Waals surface area contributed by atoms with E-state index in [-0.39, 0.29) is 0 Å². The van der Waals surface area contributed by atoms with E-state index in [1.807, 2.05) is 27.0 Å². The van der Waals surface area contributed by atoms with Gasteiger partial charge >= 0.3 is 0 Å². The molecule has 0 fully saturated rings. The zero-order chi connectivity index (χ0) is 7.11. The highest BCUT2D eigenvalue weighted by molar-refractivity contribution is 5.57. The zero-order valence-electron chi connectivity index (χ0n) is 6.31. The molecule has 0 aromatic heterocycles. The molecule has 2 heteroatoms. The predicted octanol–water partition coefficient (Wildman–Crippen LogP) is 1.55. The van der Waals surface area contributed by atoms with E-state index in [1.165, 1.54) is 5.57 Å². The largest absolute Gasteiger partial charge is 0.353 e. The summed E-state index contributed by atoms with van der Waals surface area (Å²) in [5.41, 5.74) is 1.28. The average molecular weight is 126 g/mol. The smallest absolute Gasteiger partial charge is 0.0867 e. The number of aliphatic imine (C=N–C) groups is 1. The van der Waals surface area contributed by atoms with Gasteiger partial charge in [-0.2, -0.15) is 0 Å². The third-order valence-electron chi connectivity index (χ3n) is 0.836. The van der Waals surface area contributed by atoms with Crippen LogP contribution in [0.15, 0.2) is 16.8 Å². The Hall–Kier alpha value is -0.790. The maximum Gasteiger partial charge on any atom is 0.0867 e. The van der Waals surface area contributed by atoms with Gasteiger partial charge in [0.15, 0.2) is 0 Å². The van der Waals surface area contributed by atoms with Crippen molar-refractivity contribution in [1.82, 2.24) is 5.32 Å². The summed E-state index contributed by atoms with van der Waals surface area (Å²) in [6.07, 6.45) is 3.65. The minimum absolute atomic E-state index is 0.854. The molecule has 52 valence electrons. The van der Waals surface area contributed by atoms with Crippen molar-refractivity contribution in [2.75, 3.05) is 6.54 Å². The molecule has 0 bridgehead atoms. The Morgan fingerprint density at radius 2 is 2.22 bits per heavy atom. The zero-order valence-corrected chi connectivity index (χ0v) is 6.31. The van der Waals surface area contributed by atoms with Crippen molar-refractivity contribution in [3.63, 3.8) is 0 Å². The second-order valence-corrected chi connectivity index (χ2v) is 1.63. The van der Waals surface area contributed by atoms with Gasteiger partial charge in [0.05, 0.1) is 12.9 Å². The lowest BCUT2D eigenvalue weighted by Crippen LogP contribution is -2.08. The molecular weight excluding hydrogens is 112 g/mol. The topological polar surface area (TPSA) is 24.4 Å². The van der Waals surface area contributed by atoms with E-state index in [0.717, 1.165) is 6.54 Å². The van der Waals surface area contributed by atoms with Gasteiger partial charge in [-0.05, 0) is 12.5 Å². The van der Waals surface area contributed by atoms with Crippen LogP contribution in [0.5, 0.6) is 0 Å². The molecule has 1 aliphatic rings. The monoisotopic (exact) mass is 126 g/mol. The maximum absolute atomic E-state index is 3.95. The summed E-state index contributed by atoms with van der Waals surface area (Å²) in [6, 6.07) is 0. The van der Waals surface area contributed by atoms with Gasteiger partial charge in [0, 0.05) is 6.20 Å². The fraction of sp³-hybridized carbons (Fsp3) is 0.571. The summed E-state index contributed by atoms with van der Waals surface area (Å²) >= 11 is 0. The first-order valence-electron chi connectivity index (χ1n) is 3.29. The Balaban J connectivity index is 0.000000291. The van der Waals surface area contributed by atoms with Crippen LogP contribution < -0.4 is 5.32 Å². The van der Waals surface area contributed by atoms with Crippen molar-refractivity contribution in [1.29, 1.82) is 0 Å². The second-order valence-electron chi connectivity index (χ2n) is 1.63. The Labute approximate surface area is 56.7 Å². The highest BCUT2D eigenvalue weighted by Gasteiger charge is 1.86. The predicted molar refractivity (Wildman–Crippen MR) is 41.6 cm³/mol. The molecule has 1 aliphatic heterocycles. The number of nitrogens with one attached hydrogen (secondary N) is 1. The maximum atomic E-state index is 3.95. The lowest BCUT2D eigenvalue weighted by molar-refractivity contribution is 1.05. The van der Waals surface area contributed by atoms with E-state index < -0.39 is 0 Å². The molecule has 1 rings (SSSR count). The fourth-order valence-electron chi connectivity index (χ4n) is 0.468. The summed E-state index contributed by atoms with van der Waals surface area (Å²) in [6.45, 7) is 6.90. The summed E-state index contributed by atoms with van der Waals surface area (Å²) in [7, 11) is 0. The van der Waals surface area contributed by atoms with Gasteiger partial charge in [-0.25, -0.2) is 0 Å². The molecule has 9 heavy (non-hydrogen) atoms. The molecule has 0 spiro atoms. The lowest BCUT2D eigenvalue weighted by Gasteiger charge is -2.00. The molecule has 0 unspecified atom stereocenters. The molecule has 0 aliphatic carbocycles. The van der Waals surface area contributed by atoms with Crippen LogP contribution in [0.4, 0.5) is 0 Å². The first-order valence-corrected chi connectivity index (χ1v) is 3.29. The summed E-state index contributed by atoms with van der Waals surface area (Å²) in [4.78, 5) is 3.95. The van der Waals surface area contributed by atoms with Crippen LogP contribution in [0, 0.1) is 0 Å². The van der Waals surface area contributed by atoms with Gasteiger partial charge < -0.3 is 5.32 Å². The molecule has 0 saturated heterocycles. The molecule has 1 N–H and O–H groups in total. The number of nitrogens with zero attached hydrogens (tertiary/aromatic N) is 1. The van der Waals surface area contributed by atoms with Crippen molar-refractivity contribution in [3.05, 3.63) is 11.8 Å². The van der Waals surface area contributed by atoms with E-state index in [2.05, 4.69) is 10.3 Å². The molecule has 1 heterocycles. The van der Waals surface area contributed by atoms with Crippen molar-refractivity contribution in [2.45, 2.75) is 20.8 Å². The van der Waals surface area contributed by atoms with Gasteiger partial charge in [-0.3, -0.25) is 4.99 Å². The normalized spacial score (nSPS) is 14.8. The van der Waals surface area contributed by atoms with E-state index >= 15 is 0 Å². The van der Waals surface area contributed by atoms with Crippen LogP contribution >= 0.6 is 0 Å². The van der Waals surface area contributed by atoms with E-state index in [9.17, 15) is 0 Å². The fourth-order valence-corrected chi connectivity index (χ4v) is 0.468. The number of hydrogen-bond donors (Lipinski definition) is 1. The van der Waals surface area contributed by atoms with Gasteiger partial charge in [-0.15, -0.1) is 0 Å². The minimum atomic E-state index is 0.854. The molecule has 2 nitrogen and oxygen atoms in total. The van der Waals surface area contributed by atoms with Gasteiger partial charge in [-0.1, -0.05) is 13.8 Å². The molecule has 0 aromatic carbocycles. The first kappa shape index (κ1) is 8.21. The molecule has 0 atom stereocenters. The van der Waals surface area contributed by atoms with Crippen molar-refractivity contribution < 1.29 is 0 Å². The van der Waals surface area contributed by atoms with Crippen LogP contribution in [-0.2, 0) is 0 Å². The van der Waals surface area contributed by atoms with Crippen molar-refractivity contribution in [3.8, 4) is 0 Å². The summed E-state index contributed by atoms with van der Waals surface area (Å²) < 4.78 is 0. The Bertz CT molecular complexity index is 114. The number of hydrogen-bond acceptors (Lipinski definition) is 2. The molecule has 0 aromatic rings. The first-order chi connectivity index (χ1) is 4.39. The highest BCUT2D eigenvalue weighted by Crippen LogP contribution is 1.91. The highest BCUT2D eigenvalue weighted by atomic mass is 14.9. The molecular formula is C7H14N2. The van der Waals surface area contributed by atoms with E-state index in [4.69, 9.17) is 0 Å². The van der Waals surface area contributed by atoms with Crippen LogP contribution in [0.3, 0.4) is 0 Å². The minimum Gasteiger partial charge on any atom is -0.353 e. The van der Waals surface area contributed by atoms with E-state index in [0.29, 0.717) is 0 Å². The third kappa shape index (κ3) is 3.76. The van der Waals surface area contributed by atoms with Crippen LogP contribution in [0.25, 0.3) is 0 Å². The standard InChI is InChI=1S/C5H8N2.C2H6/c1-5-2-6-4-7-3-5;1-2/h2,4H,3H2,1H3,(H,6,7);1-2H3. The summed E-state index contributed by atoms with van der Waals surface area (Å²) in [5, 5.41) is 2.88. The Morgan fingerprint density at radius 3 is 2.44 bits per heavy atom. The van der Waals surface area contributed by atoms with Gasteiger partial charge in [0.1, 0.15) is 0 Å².